The lowest BCUT2D eigenvalue weighted by molar-refractivity contribution is -0.130. The number of nitrogens with zero attached hydrogens (tertiary/aromatic N) is 4. The lowest BCUT2D eigenvalue weighted by Crippen LogP contribution is -2.37. The molecule has 4 rings (SSSR count). The van der Waals surface area contributed by atoms with Crippen molar-refractivity contribution in [2.45, 2.75) is 19.0 Å². The van der Waals surface area contributed by atoms with E-state index in [2.05, 4.69) is 5.10 Å². The minimum atomic E-state index is -0.377. The van der Waals surface area contributed by atoms with Gasteiger partial charge in [0.05, 0.1) is 5.69 Å². The fraction of sp³-hybridized carbons (Fsp3) is 0.250. The average Bonchev–Trinajstić information content (AvgIpc) is 3.28. The van der Waals surface area contributed by atoms with Crippen LogP contribution in [0.2, 0.25) is 5.02 Å². The molecule has 144 valence electrons. The van der Waals surface area contributed by atoms with Crippen molar-refractivity contribution in [3.63, 3.8) is 0 Å². The molecule has 3 aromatic rings. The van der Waals surface area contributed by atoms with E-state index < -0.39 is 0 Å². The Morgan fingerprint density at radius 1 is 1.14 bits per heavy atom. The summed E-state index contributed by atoms with van der Waals surface area (Å²) >= 11 is 5.95. The number of aromatic nitrogens is 3. The fourth-order valence-electron chi connectivity index (χ4n) is 3.34. The minimum absolute atomic E-state index is 0.00828. The molecular weight excluding hydrogens is 378 g/mol. The zero-order valence-electron chi connectivity index (χ0n) is 15.2. The van der Waals surface area contributed by atoms with Crippen LogP contribution >= 0.6 is 11.6 Å². The first kappa shape index (κ1) is 18.5. The van der Waals surface area contributed by atoms with Gasteiger partial charge in [-0.3, -0.25) is 9.36 Å². The van der Waals surface area contributed by atoms with E-state index in [9.17, 15) is 9.59 Å². The molecule has 1 fully saturated rings. The highest BCUT2D eigenvalue weighted by atomic mass is 35.5. The van der Waals surface area contributed by atoms with Gasteiger partial charge < -0.3 is 10.6 Å². The Balaban J connectivity index is 1.76. The molecule has 0 radical (unpaired) electrons. The Hall–Kier alpha value is -2.90. The summed E-state index contributed by atoms with van der Waals surface area (Å²) < 4.78 is 2.71. The molecule has 1 atom stereocenters. The molecule has 0 aliphatic carbocycles. The lowest BCUT2D eigenvalue weighted by atomic mass is 10.2. The van der Waals surface area contributed by atoms with Gasteiger partial charge in [-0.2, -0.15) is 4.68 Å². The SMILES string of the molecule is N[C@@H]1CCN(C(=O)Cn2c(-c3ccccc3)nn(-c3ccc(Cl)cc3)c2=O)C1. The molecule has 0 spiro atoms. The molecule has 1 aromatic heterocycles. The number of hydrogen-bond acceptors (Lipinski definition) is 4. The van der Waals surface area contributed by atoms with Gasteiger partial charge in [0.2, 0.25) is 5.91 Å². The second kappa shape index (κ2) is 7.61. The molecule has 2 N–H and O–H groups in total. The van der Waals surface area contributed by atoms with Gasteiger partial charge in [-0.25, -0.2) is 4.79 Å². The first-order valence-electron chi connectivity index (χ1n) is 9.07. The van der Waals surface area contributed by atoms with Crippen molar-refractivity contribution in [1.82, 2.24) is 19.2 Å². The standard InChI is InChI=1S/C20H20ClN5O2/c21-15-6-8-17(9-7-15)26-20(28)25(13-18(27)24-11-10-16(22)12-24)19(23-26)14-4-2-1-3-5-14/h1-9,16H,10-13,22H2/t16-/m1/s1. The van der Waals surface area contributed by atoms with Crippen molar-refractivity contribution < 1.29 is 4.79 Å². The molecule has 0 bridgehead atoms. The number of halogens is 1. The van der Waals surface area contributed by atoms with E-state index in [4.69, 9.17) is 17.3 Å². The van der Waals surface area contributed by atoms with Crippen molar-refractivity contribution in [3.05, 3.63) is 70.1 Å². The van der Waals surface area contributed by atoms with Gasteiger partial charge in [-0.05, 0) is 30.7 Å². The van der Waals surface area contributed by atoms with E-state index >= 15 is 0 Å². The van der Waals surface area contributed by atoms with Crippen LogP contribution in [0.25, 0.3) is 17.1 Å². The van der Waals surface area contributed by atoms with Gasteiger partial charge in [0.1, 0.15) is 6.54 Å². The van der Waals surface area contributed by atoms with E-state index in [0.717, 1.165) is 12.0 Å². The maximum atomic E-state index is 13.1. The summed E-state index contributed by atoms with van der Waals surface area (Å²) in [6, 6.07) is 16.2. The van der Waals surface area contributed by atoms with Gasteiger partial charge in [-0.1, -0.05) is 41.9 Å². The van der Waals surface area contributed by atoms with E-state index in [0.29, 0.717) is 29.6 Å². The zero-order valence-corrected chi connectivity index (χ0v) is 15.9. The number of carbonyl (C=O) groups excluding carboxylic acids is 1. The van der Waals surface area contributed by atoms with Gasteiger partial charge >= 0.3 is 5.69 Å². The predicted molar refractivity (Wildman–Crippen MR) is 107 cm³/mol. The second-order valence-corrected chi connectivity index (χ2v) is 7.27. The lowest BCUT2D eigenvalue weighted by Gasteiger charge is -2.16. The quantitative estimate of drug-likeness (QED) is 0.728. The van der Waals surface area contributed by atoms with Crippen LogP contribution in [-0.4, -0.2) is 44.3 Å². The topological polar surface area (TPSA) is 86.2 Å². The van der Waals surface area contributed by atoms with Gasteiger partial charge in [0.15, 0.2) is 5.82 Å². The highest BCUT2D eigenvalue weighted by Gasteiger charge is 2.26. The fourth-order valence-corrected chi connectivity index (χ4v) is 3.47. The van der Waals surface area contributed by atoms with Crippen molar-refractivity contribution in [2.24, 2.45) is 5.73 Å². The Labute approximate surface area is 166 Å². The van der Waals surface area contributed by atoms with Crippen molar-refractivity contribution in [1.29, 1.82) is 0 Å². The molecule has 2 heterocycles. The van der Waals surface area contributed by atoms with Crippen LogP contribution in [0, 0.1) is 0 Å². The number of benzene rings is 2. The summed E-state index contributed by atoms with van der Waals surface area (Å²) in [5.74, 6) is 0.306. The third-order valence-electron chi connectivity index (χ3n) is 4.84. The molecule has 0 unspecified atom stereocenters. The first-order valence-corrected chi connectivity index (χ1v) is 9.45. The Morgan fingerprint density at radius 3 is 2.50 bits per heavy atom. The predicted octanol–water partition coefficient (Wildman–Crippen LogP) is 1.91. The van der Waals surface area contributed by atoms with Gasteiger partial charge in [-0.15, -0.1) is 5.10 Å². The summed E-state index contributed by atoms with van der Waals surface area (Å²) in [6.45, 7) is 1.05. The number of carbonyl (C=O) groups is 1. The van der Waals surface area contributed by atoms with Crippen molar-refractivity contribution in [2.75, 3.05) is 13.1 Å². The highest BCUT2D eigenvalue weighted by Crippen LogP contribution is 2.18. The number of hydrogen-bond donors (Lipinski definition) is 1. The molecule has 1 aliphatic heterocycles. The summed E-state index contributed by atoms with van der Waals surface area (Å²) in [6.07, 6.45) is 0.774. The first-order chi connectivity index (χ1) is 13.5. The molecule has 1 amide bonds. The molecule has 1 aliphatic rings. The molecule has 0 saturated carbocycles. The smallest absolute Gasteiger partial charge is 0.340 e. The minimum Gasteiger partial charge on any atom is -0.340 e. The van der Waals surface area contributed by atoms with Crippen molar-refractivity contribution in [3.8, 4) is 17.1 Å². The monoisotopic (exact) mass is 397 g/mol. The maximum Gasteiger partial charge on any atom is 0.351 e. The normalized spacial score (nSPS) is 16.5. The molecule has 7 nitrogen and oxygen atoms in total. The Morgan fingerprint density at radius 2 is 1.86 bits per heavy atom. The van der Waals surface area contributed by atoms with Crippen LogP contribution in [-0.2, 0) is 11.3 Å². The van der Waals surface area contributed by atoms with E-state index in [1.807, 2.05) is 30.3 Å². The molecule has 28 heavy (non-hydrogen) atoms. The summed E-state index contributed by atoms with van der Waals surface area (Å²) in [5, 5.41) is 5.07. The van der Waals surface area contributed by atoms with E-state index in [1.165, 1.54) is 9.25 Å². The Kier molecular flexibility index (Phi) is 5.02. The maximum absolute atomic E-state index is 13.1. The third-order valence-corrected chi connectivity index (χ3v) is 5.09. The number of amides is 1. The summed E-state index contributed by atoms with van der Waals surface area (Å²) in [7, 11) is 0. The number of nitrogens with two attached hydrogens (primary N) is 1. The van der Waals surface area contributed by atoms with Crippen LogP contribution in [0.15, 0.2) is 59.4 Å². The van der Waals surface area contributed by atoms with Crippen LogP contribution in [0.4, 0.5) is 0 Å². The van der Waals surface area contributed by atoms with E-state index in [1.54, 1.807) is 29.2 Å². The zero-order chi connectivity index (χ0) is 19.7. The Bertz CT molecular complexity index is 1040. The van der Waals surface area contributed by atoms with Gasteiger partial charge in [0.25, 0.3) is 0 Å². The number of rotatable bonds is 4. The van der Waals surface area contributed by atoms with Gasteiger partial charge in [0, 0.05) is 29.7 Å². The molecule has 1 saturated heterocycles. The molecular formula is C20H20ClN5O2. The molecule has 8 heteroatoms. The third kappa shape index (κ3) is 3.58. The van der Waals surface area contributed by atoms with Crippen LogP contribution in [0.5, 0.6) is 0 Å². The largest absolute Gasteiger partial charge is 0.351 e. The average molecular weight is 398 g/mol. The summed E-state index contributed by atoms with van der Waals surface area (Å²) in [4.78, 5) is 27.5. The van der Waals surface area contributed by atoms with Crippen LogP contribution < -0.4 is 11.4 Å². The highest BCUT2D eigenvalue weighted by molar-refractivity contribution is 6.30. The van der Waals surface area contributed by atoms with Crippen molar-refractivity contribution >= 4 is 17.5 Å². The molecule has 2 aromatic carbocycles. The van der Waals surface area contributed by atoms with Crippen LogP contribution in [0.3, 0.4) is 0 Å². The van der Waals surface area contributed by atoms with E-state index in [-0.39, 0.29) is 24.2 Å². The number of likely N-dealkylation sites (tertiary alicyclic amines) is 1. The van der Waals surface area contributed by atoms with Crippen LogP contribution in [0.1, 0.15) is 6.42 Å². The second-order valence-electron chi connectivity index (χ2n) is 6.84. The summed E-state index contributed by atoms with van der Waals surface area (Å²) in [5.41, 5.74) is 6.88.